The van der Waals surface area contributed by atoms with Gasteiger partial charge in [0.2, 0.25) is 0 Å². The molecule has 0 bridgehead atoms. The number of rotatable bonds is 7. The van der Waals surface area contributed by atoms with E-state index in [1.165, 1.54) is 19.3 Å². The van der Waals surface area contributed by atoms with Crippen LogP contribution < -0.4 is 5.73 Å². The van der Waals surface area contributed by atoms with Crippen LogP contribution in [-0.2, 0) is 11.2 Å². The molecule has 1 unspecified atom stereocenters. The van der Waals surface area contributed by atoms with Crippen molar-refractivity contribution in [3.63, 3.8) is 0 Å². The molecule has 4 atom stereocenters. The molecule has 5 nitrogen and oxygen atoms in total. The fourth-order valence-electron chi connectivity index (χ4n) is 3.54. The van der Waals surface area contributed by atoms with Crippen molar-refractivity contribution in [1.29, 1.82) is 0 Å². The summed E-state index contributed by atoms with van der Waals surface area (Å²) in [5.74, 6) is 0.790. The topological polar surface area (TPSA) is 81.1 Å². The van der Waals surface area contributed by atoms with E-state index in [9.17, 15) is 9.90 Å². The predicted octanol–water partition coefficient (Wildman–Crippen LogP) is 1.84. The number of carboxylic acids is 1. The van der Waals surface area contributed by atoms with E-state index in [0.717, 1.165) is 24.0 Å². The number of hydrogen-bond acceptors (Lipinski definition) is 3. The number of imidazole rings is 1. The first-order chi connectivity index (χ1) is 9.67. The van der Waals surface area contributed by atoms with Gasteiger partial charge >= 0.3 is 5.97 Å². The molecule has 2 aliphatic rings. The van der Waals surface area contributed by atoms with Crippen molar-refractivity contribution < 1.29 is 9.90 Å². The molecule has 0 amide bonds. The molecule has 1 heterocycles. The van der Waals surface area contributed by atoms with Crippen molar-refractivity contribution in [1.82, 2.24) is 9.55 Å². The first-order valence-electron chi connectivity index (χ1n) is 7.62. The number of nitrogens with two attached hydrogens (primary N) is 1. The van der Waals surface area contributed by atoms with E-state index in [-0.39, 0.29) is 5.92 Å². The summed E-state index contributed by atoms with van der Waals surface area (Å²) in [5.41, 5.74) is 6.36. The van der Waals surface area contributed by atoms with Crippen molar-refractivity contribution in [2.75, 3.05) is 6.54 Å². The monoisotopic (exact) mass is 277 g/mol. The van der Waals surface area contributed by atoms with E-state index in [1.807, 2.05) is 12.5 Å². The second kappa shape index (κ2) is 5.56. The van der Waals surface area contributed by atoms with Crippen LogP contribution >= 0.6 is 0 Å². The minimum absolute atomic E-state index is 0.362. The minimum atomic E-state index is -0.741. The highest BCUT2D eigenvalue weighted by Gasteiger charge is 2.46. The van der Waals surface area contributed by atoms with Gasteiger partial charge in [-0.15, -0.1) is 0 Å². The maximum absolute atomic E-state index is 11.2. The Bertz CT molecular complexity index is 475. The first kappa shape index (κ1) is 13.6. The van der Waals surface area contributed by atoms with Gasteiger partial charge in [0.05, 0.1) is 17.9 Å². The minimum Gasteiger partial charge on any atom is -0.481 e. The zero-order chi connectivity index (χ0) is 14.1. The molecule has 3 rings (SSSR count). The van der Waals surface area contributed by atoms with Gasteiger partial charge in [0.25, 0.3) is 0 Å². The zero-order valence-corrected chi connectivity index (χ0v) is 11.7. The molecule has 20 heavy (non-hydrogen) atoms. The van der Waals surface area contributed by atoms with E-state index in [2.05, 4.69) is 9.55 Å². The lowest BCUT2D eigenvalue weighted by atomic mass is 9.98. The second-order valence-electron chi connectivity index (χ2n) is 6.36. The Kier molecular flexibility index (Phi) is 3.78. The number of fused-ring (bicyclic) bond motifs is 1. The van der Waals surface area contributed by atoms with Crippen LogP contribution in [0.25, 0.3) is 0 Å². The van der Waals surface area contributed by atoms with Crippen LogP contribution in [0, 0.1) is 17.8 Å². The number of hydrogen-bond donors (Lipinski definition) is 2. The molecule has 110 valence electrons. The predicted molar refractivity (Wildman–Crippen MR) is 75.2 cm³/mol. The van der Waals surface area contributed by atoms with Gasteiger partial charge in [0, 0.05) is 18.7 Å². The van der Waals surface area contributed by atoms with Crippen LogP contribution in [-0.4, -0.2) is 27.2 Å². The lowest BCUT2D eigenvalue weighted by Gasteiger charge is -2.13. The summed E-state index contributed by atoms with van der Waals surface area (Å²) in [7, 11) is 0. The molecular weight excluding hydrogens is 254 g/mol. The first-order valence-corrected chi connectivity index (χ1v) is 7.62. The highest BCUT2D eigenvalue weighted by molar-refractivity contribution is 5.70. The van der Waals surface area contributed by atoms with Crippen molar-refractivity contribution in [3.8, 4) is 0 Å². The van der Waals surface area contributed by atoms with E-state index < -0.39 is 5.97 Å². The highest BCUT2D eigenvalue weighted by Crippen LogP contribution is 2.55. The van der Waals surface area contributed by atoms with Crippen LogP contribution in [0.4, 0.5) is 0 Å². The molecule has 0 aliphatic heterocycles. The van der Waals surface area contributed by atoms with Gasteiger partial charge in [0.15, 0.2) is 0 Å². The lowest BCUT2D eigenvalue weighted by molar-refractivity contribution is -0.142. The maximum atomic E-state index is 11.2. The second-order valence-corrected chi connectivity index (χ2v) is 6.36. The summed E-state index contributed by atoms with van der Waals surface area (Å²) in [5, 5.41) is 9.24. The number of nitrogens with zero attached hydrogens (tertiary/aromatic N) is 2. The average molecular weight is 277 g/mol. The molecule has 5 heteroatoms. The largest absolute Gasteiger partial charge is 0.481 e. The molecule has 1 aromatic rings. The third-order valence-corrected chi connectivity index (χ3v) is 4.86. The van der Waals surface area contributed by atoms with Gasteiger partial charge in [-0.1, -0.05) is 0 Å². The summed E-state index contributed by atoms with van der Waals surface area (Å²) in [6.45, 7) is 0.545. The molecule has 1 aromatic heterocycles. The van der Waals surface area contributed by atoms with E-state index in [4.69, 9.17) is 5.73 Å². The molecule has 2 saturated carbocycles. The van der Waals surface area contributed by atoms with Crippen molar-refractivity contribution in [2.45, 2.75) is 44.6 Å². The van der Waals surface area contributed by atoms with Crippen molar-refractivity contribution in [3.05, 3.63) is 18.2 Å². The molecule has 0 radical (unpaired) electrons. The molecular formula is C15H23N3O2. The molecule has 0 spiro atoms. The Morgan fingerprint density at radius 1 is 1.45 bits per heavy atom. The summed E-state index contributed by atoms with van der Waals surface area (Å²) >= 11 is 0. The fraction of sp³-hybridized carbons (Fsp3) is 0.733. The van der Waals surface area contributed by atoms with Gasteiger partial charge in [-0.25, -0.2) is 4.98 Å². The van der Waals surface area contributed by atoms with E-state index in [1.54, 1.807) is 0 Å². The Labute approximate surface area is 119 Å². The van der Waals surface area contributed by atoms with Gasteiger partial charge in [0.1, 0.15) is 0 Å². The number of aliphatic carboxylic acids is 1. The van der Waals surface area contributed by atoms with Gasteiger partial charge in [-0.2, -0.15) is 0 Å². The number of carboxylic acid groups (broad SMARTS) is 1. The quantitative estimate of drug-likeness (QED) is 0.796. The summed E-state index contributed by atoms with van der Waals surface area (Å²) in [6.07, 6.45) is 9.79. The zero-order valence-electron chi connectivity index (χ0n) is 11.7. The third kappa shape index (κ3) is 2.87. The normalized spacial score (nSPS) is 29.1. The van der Waals surface area contributed by atoms with Gasteiger partial charge in [-0.3, -0.25) is 4.79 Å². The average Bonchev–Trinajstić information content (AvgIpc) is 2.87. The van der Waals surface area contributed by atoms with Crippen LogP contribution in [0.15, 0.2) is 12.5 Å². The van der Waals surface area contributed by atoms with E-state index >= 15 is 0 Å². The fourth-order valence-corrected chi connectivity index (χ4v) is 3.54. The Balaban J connectivity index is 1.59. The molecule has 2 aliphatic carbocycles. The molecule has 2 fully saturated rings. The van der Waals surface area contributed by atoms with E-state index in [0.29, 0.717) is 25.4 Å². The Hall–Kier alpha value is -1.36. The number of aromatic nitrogens is 2. The summed E-state index contributed by atoms with van der Waals surface area (Å²) < 4.78 is 2.20. The van der Waals surface area contributed by atoms with Gasteiger partial charge in [-0.05, 0) is 50.5 Å². The van der Waals surface area contributed by atoms with Crippen molar-refractivity contribution >= 4 is 5.97 Å². The molecule has 0 saturated heterocycles. The van der Waals surface area contributed by atoms with Crippen LogP contribution in [0.2, 0.25) is 0 Å². The smallest absolute Gasteiger partial charge is 0.306 e. The molecule has 0 aromatic carbocycles. The summed E-state index contributed by atoms with van der Waals surface area (Å²) in [4.78, 5) is 15.6. The summed E-state index contributed by atoms with van der Waals surface area (Å²) in [6, 6.07) is 0.590. The Morgan fingerprint density at radius 3 is 2.85 bits per heavy atom. The third-order valence-electron chi connectivity index (χ3n) is 4.86. The standard InChI is InChI=1S/C15H23N3O2/c16-3-1-2-10(15(19)20)5-13-8-18(9-17-13)14-6-11-4-12(11)7-14/h8-12,14H,1-7,16H2,(H,19,20)/t10-,11-,12+,14?/m0/s1. The van der Waals surface area contributed by atoms with Gasteiger partial charge < -0.3 is 15.4 Å². The van der Waals surface area contributed by atoms with Crippen LogP contribution in [0.5, 0.6) is 0 Å². The number of carbonyl (C=O) groups is 1. The highest BCUT2D eigenvalue weighted by atomic mass is 16.4. The molecule has 3 N–H and O–H groups in total. The van der Waals surface area contributed by atoms with Crippen molar-refractivity contribution in [2.24, 2.45) is 23.5 Å². The van der Waals surface area contributed by atoms with Crippen LogP contribution in [0.3, 0.4) is 0 Å². The maximum Gasteiger partial charge on any atom is 0.306 e. The van der Waals surface area contributed by atoms with Crippen LogP contribution in [0.1, 0.15) is 43.8 Å². The Morgan fingerprint density at radius 2 is 2.20 bits per heavy atom. The lowest BCUT2D eigenvalue weighted by Crippen LogP contribution is -2.18. The SMILES string of the molecule is NCCC[C@@H](Cc1cn(C2C[C@@H]3C[C@@H]3C2)cn1)C(=O)O.